The third-order valence-electron chi connectivity index (χ3n) is 1.22. The highest BCUT2D eigenvalue weighted by molar-refractivity contribution is 5.86. The summed E-state index contributed by atoms with van der Waals surface area (Å²) in [6.07, 6.45) is 0. The smallest absolute Gasteiger partial charge is 0.381 e. The first-order valence-electron chi connectivity index (χ1n) is 3.56. The van der Waals surface area contributed by atoms with Crippen molar-refractivity contribution >= 4 is 5.97 Å². The summed E-state index contributed by atoms with van der Waals surface area (Å²) in [7, 11) is 3.48. The topological polar surface area (TPSA) is 49.8 Å². The molecule has 1 N–H and O–H groups in total. The van der Waals surface area contributed by atoms with Crippen molar-refractivity contribution in [1.82, 2.24) is 4.90 Å². The zero-order valence-corrected chi connectivity index (χ0v) is 7.33. The maximum Gasteiger partial charge on any atom is 0.381 e. The van der Waals surface area contributed by atoms with Gasteiger partial charge in [-0.1, -0.05) is 5.92 Å². The Morgan fingerprint density at radius 2 is 2.33 bits per heavy atom. The third-order valence-corrected chi connectivity index (χ3v) is 1.22. The van der Waals surface area contributed by atoms with Gasteiger partial charge in [-0.2, -0.15) is 0 Å². The Morgan fingerprint density at radius 3 is 2.83 bits per heavy atom. The number of aliphatic carboxylic acids is 1. The zero-order chi connectivity index (χ0) is 9.40. The largest absolute Gasteiger partial charge is 0.472 e. The minimum Gasteiger partial charge on any atom is -0.472 e. The van der Waals surface area contributed by atoms with Crippen molar-refractivity contribution < 1.29 is 14.6 Å². The Kier molecular flexibility index (Phi) is 6.07. The van der Waals surface area contributed by atoms with Gasteiger partial charge in [0.05, 0.1) is 13.2 Å². The van der Waals surface area contributed by atoms with Crippen LogP contribution in [0.15, 0.2) is 0 Å². The van der Waals surface area contributed by atoms with Gasteiger partial charge >= 0.3 is 5.97 Å². The van der Waals surface area contributed by atoms with Crippen LogP contribution in [-0.2, 0) is 9.53 Å². The molecule has 0 aliphatic heterocycles. The average Bonchev–Trinajstić information content (AvgIpc) is 2.00. The molecule has 0 amide bonds. The molecule has 0 heterocycles. The fraction of sp³-hybridized carbons (Fsp3) is 0.625. The maximum absolute atomic E-state index is 9.98. The van der Waals surface area contributed by atoms with E-state index >= 15 is 0 Å². The second-order valence-electron chi connectivity index (χ2n) is 2.34. The van der Waals surface area contributed by atoms with Crippen LogP contribution in [0, 0.1) is 11.8 Å². The van der Waals surface area contributed by atoms with Gasteiger partial charge < -0.3 is 9.84 Å². The van der Waals surface area contributed by atoms with Crippen molar-refractivity contribution in [2.45, 2.75) is 0 Å². The molecule has 0 aromatic heterocycles. The molecule has 0 saturated heterocycles. The number of nitrogens with zero attached hydrogens (tertiary/aromatic N) is 1. The molecular weight excluding hydrogens is 158 g/mol. The van der Waals surface area contributed by atoms with E-state index in [-0.39, 0.29) is 0 Å². The van der Waals surface area contributed by atoms with Crippen LogP contribution >= 0.6 is 0 Å². The Hall–Kier alpha value is -1.05. The summed E-state index contributed by atoms with van der Waals surface area (Å²) in [4.78, 5) is 11.9. The number of carbonyl (C=O) groups is 1. The van der Waals surface area contributed by atoms with Crippen molar-refractivity contribution in [1.29, 1.82) is 0 Å². The molecule has 12 heavy (non-hydrogen) atoms. The fourth-order valence-corrected chi connectivity index (χ4v) is 0.576. The zero-order valence-electron chi connectivity index (χ0n) is 7.33. The molecule has 0 radical (unpaired) electrons. The Balaban J connectivity index is 3.51. The minimum absolute atomic E-state index is 0.454. The van der Waals surface area contributed by atoms with E-state index in [2.05, 4.69) is 5.92 Å². The number of hydrogen-bond donors (Lipinski definition) is 1. The highest BCUT2D eigenvalue weighted by Gasteiger charge is 1.93. The van der Waals surface area contributed by atoms with Gasteiger partial charge in [0.15, 0.2) is 0 Å². The molecule has 0 saturated carbocycles. The lowest BCUT2D eigenvalue weighted by atomic mass is 10.5. The van der Waals surface area contributed by atoms with Gasteiger partial charge in [-0.3, -0.25) is 4.90 Å². The number of rotatable bonds is 4. The van der Waals surface area contributed by atoms with Gasteiger partial charge in [0.2, 0.25) is 0 Å². The Labute approximate surface area is 72.1 Å². The van der Waals surface area contributed by atoms with E-state index in [9.17, 15) is 4.79 Å². The number of methoxy groups -OCH3 is 1. The number of carboxylic acid groups (broad SMARTS) is 1. The predicted molar refractivity (Wildman–Crippen MR) is 44.8 cm³/mol. The second-order valence-corrected chi connectivity index (χ2v) is 2.34. The minimum atomic E-state index is -1.09. The Morgan fingerprint density at radius 1 is 1.67 bits per heavy atom. The van der Waals surface area contributed by atoms with Crippen LogP contribution in [-0.4, -0.2) is 49.8 Å². The average molecular weight is 171 g/mol. The van der Waals surface area contributed by atoms with Gasteiger partial charge in [-0.05, 0) is 7.05 Å². The summed E-state index contributed by atoms with van der Waals surface area (Å²) in [5.74, 6) is 3.46. The standard InChI is InChI=1S/C8H13NO3/c1-9(6-7-12-2)5-3-4-8(10)11/h5-7H2,1-2H3,(H,10,11). The van der Waals surface area contributed by atoms with Crippen molar-refractivity contribution in [2.75, 3.05) is 33.9 Å². The summed E-state index contributed by atoms with van der Waals surface area (Å²) in [5.41, 5.74) is 0. The summed E-state index contributed by atoms with van der Waals surface area (Å²) in [6, 6.07) is 0. The van der Waals surface area contributed by atoms with Crippen molar-refractivity contribution in [3.63, 3.8) is 0 Å². The number of hydrogen-bond acceptors (Lipinski definition) is 3. The first kappa shape index (κ1) is 11.0. The molecule has 4 heteroatoms. The fourth-order valence-electron chi connectivity index (χ4n) is 0.576. The van der Waals surface area contributed by atoms with E-state index in [1.165, 1.54) is 0 Å². The predicted octanol–water partition coefficient (Wildman–Crippen LogP) is -0.347. The SMILES string of the molecule is COCCN(C)CC#CC(=O)O. The van der Waals surface area contributed by atoms with Crippen LogP contribution in [0.2, 0.25) is 0 Å². The van der Waals surface area contributed by atoms with Gasteiger partial charge in [-0.25, -0.2) is 4.79 Å². The van der Waals surface area contributed by atoms with E-state index in [1.54, 1.807) is 7.11 Å². The van der Waals surface area contributed by atoms with Crippen LogP contribution in [0.5, 0.6) is 0 Å². The molecule has 0 spiro atoms. The van der Waals surface area contributed by atoms with Crippen LogP contribution in [0.25, 0.3) is 0 Å². The molecule has 0 fully saturated rings. The van der Waals surface area contributed by atoms with E-state index in [0.29, 0.717) is 13.2 Å². The normalized spacial score (nSPS) is 9.25. The monoisotopic (exact) mass is 171 g/mol. The number of carboxylic acids is 1. The summed E-state index contributed by atoms with van der Waals surface area (Å²) in [5, 5.41) is 8.19. The molecule has 68 valence electrons. The molecule has 0 atom stereocenters. The van der Waals surface area contributed by atoms with Crippen molar-refractivity contribution in [3.8, 4) is 11.8 Å². The molecule has 0 rings (SSSR count). The maximum atomic E-state index is 9.98. The summed E-state index contributed by atoms with van der Waals surface area (Å²) in [6.45, 7) is 1.84. The van der Waals surface area contributed by atoms with Gasteiger partial charge in [0.25, 0.3) is 0 Å². The molecule has 0 aromatic rings. The second kappa shape index (κ2) is 6.65. The molecular formula is C8H13NO3. The first-order valence-corrected chi connectivity index (χ1v) is 3.56. The number of likely N-dealkylation sites (N-methyl/N-ethyl adjacent to an activating group) is 1. The van der Waals surface area contributed by atoms with E-state index in [0.717, 1.165) is 6.54 Å². The highest BCUT2D eigenvalue weighted by atomic mass is 16.5. The molecule has 0 aliphatic rings. The van der Waals surface area contributed by atoms with Crippen LogP contribution in [0.3, 0.4) is 0 Å². The first-order chi connectivity index (χ1) is 5.66. The van der Waals surface area contributed by atoms with Crippen molar-refractivity contribution in [3.05, 3.63) is 0 Å². The van der Waals surface area contributed by atoms with E-state index in [1.807, 2.05) is 17.9 Å². The van der Waals surface area contributed by atoms with Gasteiger partial charge in [-0.15, -0.1) is 0 Å². The van der Waals surface area contributed by atoms with Crippen LogP contribution in [0.4, 0.5) is 0 Å². The van der Waals surface area contributed by atoms with Gasteiger partial charge in [0, 0.05) is 19.6 Å². The number of ether oxygens (including phenoxy) is 1. The van der Waals surface area contributed by atoms with Crippen LogP contribution < -0.4 is 0 Å². The van der Waals surface area contributed by atoms with Crippen LogP contribution in [0.1, 0.15) is 0 Å². The lowest BCUT2D eigenvalue weighted by molar-refractivity contribution is -0.130. The van der Waals surface area contributed by atoms with E-state index in [4.69, 9.17) is 9.84 Å². The molecule has 0 aromatic carbocycles. The molecule has 0 unspecified atom stereocenters. The van der Waals surface area contributed by atoms with Crippen molar-refractivity contribution in [2.24, 2.45) is 0 Å². The Bertz CT molecular complexity index is 192. The van der Waals surface area contributed by atoms with Gasteiger partial charge in [0.1, 0.15) is 0 Å². The lowest BCUT2D eigenvalue weighted by Gasteiger charge is -2.10. The quantitative estimate of drug-likeness (QED) is 0.587. The molecule has 4 nitrogen and oxygen atoms in total. The summed E-state index contributed by atoms with van der Waals surface area (Å²) >= 11 is 0. The molecule has 0 bridgehead atoms. The third kappa shape index (κ3) is 7.06. The molecule has 0 aliphatic carbocycles. The van der Waals surface area contributed by atoms with E-state index < -0.39 is 5.97 Å². The lowest BCUT2D eigenvalue weighted by Crippen LogP contribution is -2.23. The summed E-state index contributed by atoms with van der Waals surface area (Å²) < 4.78 is 4.83. The highest BCUT2D eigenvalue weighted by Crippen LogP contribution is 1.79.